The first kappa shape index (κ1) is 14.2. The maximum Gasteiger partial charge on any atom is 0.308 e. The standard InChI is InChI=1S/C13H21NO2S/c1-10(2)12(13(15)16)9-14(3)7-6-11-5-4-8-17-11/h4-5,8,10,12H,6-7,9H2,1-3H3,(H,15,16). The van der Waals surface area contributed by atoms with E-state index in [1.54, 1.807) is 11.3 Å². The molecule has 0 bridgehead atoms. The van der Waals surface area contributed by atoms with Crippen LogP contribution in [0, 0.1) is 11.8 Å². The highest BCUT2D eigenvalue weighted by Gasteiger charge is 2.22. The highest BCUT2D eigenvalue weighted by atomic mass is 32.1. The monoisotopic (exact) mass is 255 g/mol. The summed E-state index contributed by atoms with van der Waals surface area (Å²) in [5, 5.41) is 11.2. The lowest BCUT2D eigenvalue weighted by molar-refractivity contribution is -0.143. The van der Waals surface area contributed by atoms with Gasteiger partial charge in [0.1, 0.15) is 0 Å². The normalized spacial score (nSPS) is 13.2. The van der Waals surface area contributed by atoms with Crippen molar-refractivity contribution in [1.82, 2.24) is 4.90 Å². The zero-order chi connectivity index (χ0) is 12.8. The van der Waals surface area contributed by atoms with Crippen LogP contribution in [0.5, 0.6) is 0 Å². The summed E-state index contributed by atoms with van der Waals surface area (Å²) < 4.78 is 0. The van der Waals surface area contributed by atoms with Gasteiger partial charge >= 0.3 is 5.97 Å². The first-order valence-corrected chi connectivity index (χ1v) is 6.82. The third-order valence-electron chi connectivity index (χ3n) is 2.95. The van der Waals surface area contributed by atoms with Crippen LogP contribution in [0.25, 0.3) is 0 Å². The largest absolute Gasteiger partial charge is 0.481 e. The lowest BCUT2D eigenvalue weighted by Crippen LogP contribution is -2.34. The predicted molar refractivity (Wildman–Crippen MR) is 71.5 cm³/mol. The molecule has 0 amide bonds. The molecular weight excluding hydrogens is 234 g/mol. The van der Waals surface area contributed by atoms with E-state index in [0.29, 0.717) is 6.54 Å². The second kappa shape index (κ2) is 6.77. The topological polar surface area (TPSA) is 40.5 Å². The van der Waals surface area contributed by atoms with Gasteiger partial charge in [-0.2, -0.15) is 0 Å². The van der Waals surface area contributed by atoms with Gasteiger partial charge in [0.2, 0.25) is 0 Å². The summed E-state index contributed by atoms with van der Waals surface area (Å²) in [6, 6.07) is 4.17. The summed E-state index contributed by atoms with van der Waals surface area (Å²) in [5.41, 5.74) is 0. The van der Waals surface area contributed by atoms with Crippen LogP contribution in [0.1, 0.15) is 18.7 Å². The molecule has 0 aliphatic carbocycles. The van der Waals surface area contributed by atoms with E-state index in [1.807, 2.05) is 27.0 Å². The average molecular weight is 255 g/mol. The molecular formula is C13H21NO2S. The number of carbonyl (C=O) groups is 1. The Hall–Kier alpha value is -0.870. The van der Waals surface area contributed by atoms with Crippen molar-refractivity contribution < 1.29 is 9.90 Å². The van der Waals surface area contributed by atoms with Crippen molar-refractivity contribution in [2.45, 2.75) is 20.3 Å². The molecule has 1 unspecified atom stereocenters. The fourth-order valence-electron chi connectivity index (χ4n) is 1.76. The molecule has 96 valence electrons. The van der Waals surface area contributed by atoms with Crippen LogP contribution in [0.2, 0.25) is 0 Å². The van der Waals surface area contributed by atoms with Gasteiger partial charge in [-0.3, -0.25) is 4.79 Å². The maximum absolute atomic E-state index is 11.1. The van der Waals surface area contributed by atoms with Crippen LogP contribution < -0.4 is 0 Å². The number of hydrogen-bond donors (Lipinski definition) is 1. The fraction of sp³-hybridized carbons (Fsp3) is 0.615. The third kappa shape index (κ3) is 4.88. The minimum atomic E-state index is -0.692. The van der Waals surface area contributed by atoms with Gasteiger partial charge in [-0.25, -0.2) is 0 Å². The maximum atomic E-state index is 11.1. The van der Waals surface area contributed by atoms with Crippen molar-refractivity contribution >= 4 is 17.3 Å². The lowest BCUT2D eigenvalue weighted by atomic mass is 9.95. The average Bonchev–Trinajstić information content (AvgIpc) is 2.74. The molecule has 1 aromatic rings. The molecule has 0 aliphatic rings. The fourth-order valence-corrected chi connectivity index (χ4v) is 2.46. The molecule has 0 fully saturated rings. The first-order chi connectivity index (χ1) is 8.00. The summed E-state index contributed by atoms with van der Waals surface area (Å²) in [4.78, 5) is 14.5. The summed E-state index contributed by atoms with van der Waals surface area (Å²) in [5.74, 6) is -0.789. The van der Waals surface area contributed by atoms with Gasteiger partial charge in [0, 0.05) is 18.0 Å². The Balaban J connectivity index is 2.37. The molecule has 1 N–H and O–H groups in total. The molecule has 0 aromatic carbocycles. The molecule has 0 spiro atoms. The predicted octanol–water partition coefficient (Wildman–Crippen LogP) is 2.58. The van der Waals surface area contributed by atoms with Gasteiger partial charge in [-0.1, -0.05) is 19.9 Å². The Morgan fingerprint density at radius 2 is 2.24 bits per heavy atom. The van der Waals surface area contributed by atoms with E-state index < -0.39 is 5.97 Å². The summed E-state index contributed by atoms with van der Waals surface area (Å²) in [7, 11) is 1.99. The number of carboxylic acids is 1. The quantitative estimate of drug-likeness (QED) is 0.814. The highest BCUT2D eigenvalue weighted by molar-refractivity contribution is 7.09. The Morgan fingerprint density at radius 1 is 1.53 bits per heavy atom. The molecule has 1 aromatic heterocycles. The van der Waals surface area contributed by atoms with Crippen LogP contribution in [0.15, 0.2) is 17.5 Å². The van der Waals surface area contributed by atoms with Crippen molar-refractivity contribution in [2.75, 3.05) is 20.1 Å². The number of thiophene rings is 1. The second-order valence-electron chi connectivity index (χ2n) is 4.78. The molecule has 1 atom stereocenters. The molecule has 0 saturated heterocycles. The van der Waals surface area contributed by atoms with Crippen molar-refractivity contribution in [3.63, 3.8) is 0 Å². The Labute approximate surface area is 107 Å². The van der Waals surface area contributed by atoms with E-state index in [0.717, 1.165) is 13.0 Å². The number of aliphatic carboxylic acids is 1. The SMILES string of the molecule is CC(C)C(CN(C)CCc1cccs1)C(=O)O. The molecule has 0 saturated carbocycles. The Morgan fingerprint density at radius 3 is 2.71 bits per heavy atom. The Kier molecular flexibility index (Phi) is 5.65. The smallest absolute Gasteiger partial charge is 0.308 e. The van der Waals surface area contributed by atoms with Crippen LogP contribution in [-0.4, -0.2) is 36.1 Å². The van der Waals surface area contributed by atoms with Crippen molar-refractivity contribution in [3.8, 4) is 0 Å². The number of rotatable bonds is 7. The number of carboxylic acid groups (broad SMARTS) is 1. The van der Waals surface area contributed by atoms with Crippen molar-refractivity contribution in [1.29, 1.82) is 0 Å². The van der Waals surface area contributed by atoms with Gasteiger partial charge in [-0.05, 0) is 30.8 Å². The number of hydrogen-bond acceptors (Lipinski definition) is 3. The van der Waals surface area contributed by atoms with Gasteiger partial charge in [0.15, 0.2) is 0 Å². The minimum Gasteiger partial charge on any atom is -0.481 e. The molecule has 0 radical (unpaired) electrons. The van der Waals surface area contributed by atoms with E-state index in [9.17, 15) is 4.79 Å². The van der Waals surface area contributed by atoms with Crippen LogP contribution in [-0.2, 0) is 11.2 Å². The van der Waals surface area contributed by atoms with Crippen LogP contribution in [0.4, 0.5) is 0 Å². The van der Waals surface area contributed by atoms with E-state index in [1.165, 1.54) is 4.88 Å². The molecule has 0 aliphatic heterocycles. The summed E-state index contributed by atoms with van der Waals surface area (Å²) in [6.07, 6.45) is 0.999. The van der Waals surface area contributed by atoms with Crippen LogP contribution >= 0.6 is 11.3 Å². The lowest BCUT2D eigenvalue weighted by Gasteiger charge is -2.23. The highest BCUT2D eigenvalue weighted by Crippen LogP contribution is 2.14. The zero-order valence-electron chi connectivity index (χ0n) is 10.7. The number of nitrogens with zero attached hydrogens (tertiary/aromatic N) is 1. The molecule has 1 rings (SSSR count). The molecule has 17 heavy (non-hydrogen) atoms. The van der Waals surface area contributed by atoms with E-state index >= 15 is 0 Å². The van der Waals surface area contributed by atoms with Gasteiger partial charge in [-0.15, -0.1) is 11.3 Å². The zero-order valence-corrected chi connectivity index (χ0v) is 11.5. The first-order valence-electron chi connectivity index (χ1n) is 5.94. The van der Waals surface area contributed by atoms with Crippen molar-refractivity contribution in [3.05, 3.63) is 22.4 Å². The third-order valence-corrected chi connectivity index (χ3v) is 3.89. The number of likely N-dealkylation sites (N-methyl/N-ethyl adjacent to an activating group) is 1. The van der Waals surface area contributed by atoms with E-state index in [-0.39, 0.29) is 11.8 Å². The van der Waals surface area contributed by atoms with Crippen molar-refractivity contribution in [2.24, 2.45) is 11.8 Å². The van der Waals surface area contributed by atoms with Gasteiger partial charge in [0.05, 0.1) is 5.92 Å². The van der Waals surface area contributed by atoms with Crippen LogP contribution in [0.3, 0.4) is 0 Å². The van der Waals surface area contributed by atoms with Gasteiger partial charge < -0.3 is 10.0 Å². The minimum absolute atomic E-state index is 0.177. The molecule has 3 nitrogen and oxygen atoms in total. The molecule has 4 heteroatoms. The summed E-state index contributed by atoms with van der Waals surface area (Å²) >= 11 is 1.75. The van der Waals surface area contributed by atoms with E-state index in [2.05, 4.69) is 16.3 Å². The molecule has 1 heterocycles. The second-order valence-corrected chi connectivity index (χ2v) is 5.81. The summed E-state index contributed by atoms with van der Waals surface area (Å²) in [6.45, 7) is 5.47. The van der Waals surface area contributed by atoms with E-state index in [4.69, 9.17) is 5.11 Å². The van der Waals surface area contributed by atoms with Gasteiger partial charge in [0.25, 0.3) is 0 Å². The Bertz CT molecular complexity index is 335.